The number of hydrogen-bond acceptors (Lipinski definition) is 6. The van der Waals surface area contributed by atoms with Crippen LogP contribution in [0.2, 0.25) is 0 Å². The van der Waals surface area contributed by atoms with Crippen LogP contribution in [-0.2, 0) is 14.1 Å². The van der Waals surface area contributed by atoms with Crippen molar-refractivity contribution in [1.82, 2.24) is 0 Å². The monoisotopic (exact) mass is 748 g/mol. The van der Waals surface area contributed by atoms with Gasteiger partial charge in [-0.25, -0.2) is 0 Å². The Balaban J connectivity index is 0.000000423. The molecule has 2 rings (SSSR count). The van der Waals surface area contributed by atoms with Gasteiger partial charge in [-0.1, -0.05) is 64.2 Å². The Morgan fingerprint density at radius 2 is 1.26 bits per heavy atom. The number of hydrogen-bond donors (Lipinski definition) is 0. The normalized spacial score (nSPS) is 12.5. The van der Waals surface area contributed by atoms with E-state index in [9.17, 15) is 40.4 Å². The number of benzene rings is 2. The van der Waals surface area contributed by atoms with E-state index in [1.165, 1.54) is 52.6 Å². The Morgan fingerprint density at radius 1 is 0.690 bits per heavy atom. The Morgan fingerprint density at radius 3 is 1.83 bits per heavy atom. The summed E-state index contributed by atoms with van der Waals surface area (Å²) in [5.41, 5.74) is 0. The third kappa shape index (κ3) is 12.3. The Bertz CT molecular complexity index is 958. The van der Waals surface area contributed by atoms with Crippen molar-refractivity contribution in [2.24, 2.45) is 0 Å². The van der Waals surface area contributed by atoms with E-state index in [1.54, 1.807) is 0 Å². The lowest BCUT2D eigenvalue weighted by Crippen LogP contribution is -3.61. The summed E-state index contributed by atoms with van der Waals surface area (Å²) in [5, 5.41) is 5.59. The first kappa shape index (κ1) is 38.6. The SMILES string of the molecule is CCCCCCCCOc1ccc([I+]c2ccccc2)cc1.CCCOC(F)(F)C(F)(F)C(F)(F)C(F)(F)SOO[O-]. The molecule has 0 heterocycles. The molecule has 0 saturated heterocycles. The molecule has 0 aromatic heterocycles. The van der Waals surface area contributed by atoms with Crippen LogP contribution in [0.1, 0.15) is 58.8 Å². The summed E-state index contributed by atoms with van der Waals surface area (Å²) in [5.74, 6) is -12.2. The molecule has 0 amide bonds. The molecule has 0 aliphatic heterocycles. The number of rotatable bonds is 19. The highest BCUT2D eigenvalue weighted by Gasteiger charge is 2.82. The fourth-order valence-electron chi connectivity index (χ4n) is 3.07. The van der Waals surface area contributed by atoms with Crippen LogP contribution in [-0.4, -0.2) is 36.4 Å². The molecule has 0 bridgehead atoms. The number of halogens is 9. The summed E-state index contributed by atoms with van der Waals surface area (Å²) in [6.07, 6.45) is 1.73. The van der Waals surface area contributed by atoms with Gasteiger partial charge in [0.05, 0.1) is 13.2 Å². The maximum absolute atomic E-state index is 12.9. The van der Waals surface area contributed by atoms with E-state index in [-0.39, 0.29) is 27.6 Å². The minimum Gasteiger partial charge on any atom is -0.691 e. The molecule has 0 atom stereocenters. The molecule has 0 aliphatic rings. The fourth-order valence-corrected chi connectivity index (χ4v) is 5.62. The minimum absolute atomic E-state index is 0.0655. The Kier molecular flexibility index (Phi) is 17.6. The van der Waals surface area contributed by atoms with Crippen LogP contribution in [0.25, 0.3) is 0 Å². The molecule has 0 unspecified atom stereocenters. The van der Waals surface area contributed by atoms with Crippen LogP contribution in [0.15, 0.2) is 54.6 Å². The van der Waals surface area contributed by atoms with Gasteiger partial charge in [-0.15, -0.1) is 0 Å². The summed E-state index contributed by atoms with van der Waals surface area (Å²) in [7, 11) is 0. The first-order valence-corrected chi connectivity index (χ1v) is 15.9. The largest absolute Gasteiger partial charge is 0.691 e. The first-order valence-electron chi connectivity index (χ1n) is 13.0. The van der Waals surface area contributed by atoms with Gasteiger partial charge in [0, 0.05) is 0 Å². The van der Waals surface area contributed by atoms with Gasteiger partial charge in [0.2, 0.25) is 0 Å². The van der Waals surface area contributed by atoms with Crippen LogP contribution in [0, 0.1) is 7.14 Å². The molecule has 5 nitrogen and oxygen atoms in total. The summed E-state index contributed by atoms with van der Waals surface area (Å²) in [4.78, 5) is 0. The highest BCUT2D eigenvalue weighted by molar-refractivity contribution is 7.95. The fraction of sp³-hybridized carbons (Fsp3) is 0.556. The maximum Gasteiger partial charge on any atom is 0.426 e. The van der Waals surface area contributed by atoms with Crippen molar-refractivity contribution in [3.63, 3.8) is 0 Å². The zero-order chi connectivity index (χ0) is 31.7. The number of unbranched alkanes of at least 4 members (excludes halogenated alkanes) is 5. The summed E-state index contributed by atoms with van der Waals surface area (Å²) in [6, 6.07) is 19.4. The lowest BCUT2D eigenvalue weighted by atomic mass is 10.1. The average molecular weight is 749 g/mol. The molecule has 0 aliphatic carbocycles. The van der Waals surface area contributed by atoms with Crippen LogP contribution in [0.3, 0.4) is 0 Å². The van der Waals surface area contributed by atoms with Gasteiger partial charge >= 0.3 is 44.4 Å². The predicted octanol–water partition coefficient (Wildman–Crippen LogP) is 5.30. The van der Waals surface area contributed by atoms with Crippen molar-refractivity contribution in [1.29, 1.82) is 0 Å². The van der Waals surface area contributed by atoms with Crippen molar-refractivity contribution >= 4 is 12.0 Å². The second-order valence-corrected chi connectivity index (χ2v) is 12.6. The van der Waals surface area contributed by atoms with Gasteiger partial charge in [-0.3, -0.25) is 5.04 Å². The van der Waals surface area contributed by atoms with E-state index >= 15 is 0 Å². The average Bonchev–Trinajstić information content (AvgIpc) is 2.96. The quantitative estimate of drug-likeness (QED) is 0.0487. The topological polar surface area (TPSA) is 60.0 Å². The number of alkyl halides is 8. The zero-order valence-corrected chi connectivity index (χ0v) is 25.9. The van der Waals surface area contributed by atoms with E-state index in [4.69, 9.17) is 4.74 Å². The summed E-state index contributed by atoms with van der Waals surface area (Å²) in [6.45, 7) is 3.22. The van der Waals surface area contributed by atoms with Gasteiger partial charge in [0.15, 0.2) is 7.14 Å². The van der Waals surface area contributed by atoms with Crippen molar-refractivity contribution in [3.05, 3.63) is 61.7 Å². The summed E-state index contributed by atoms with van der Waals surface area (Å²) >= 11 is -1.90. The van der Waals surface area contributed by atoms with Crippen molar-refractivity contribution in [2.75, 3.05) is 13.2 Å². The van der Waals surface area contributed by atoms with Crippen LogP contribution in [0.4, 0.5) is 35.1 Å². The summed E-state index contributed by atoms with van der Waals surface area (Å²) < 4.78 is 117. The smallest absolute Gasteiger partial charge is 0.426 e. The van der Waals surface area contributed by atoms with Crippen LogP contribution < -0.4 is 31.2 Å². The Labute approximate surface area is 254 Å². The molecule has 0 spiro atoms. The van der Waals surface area contributed by atoms with Crippen molar-refractivity contribution < 1.29 is 80.4 Å². The third-order valence-electron chi connectivity index (χ3n) is 5.31. The van der Waals surface area contributed by atoms with E-state index in [0.29, 0.717) is 0 Å². The molecule has 42 heavy (non-hydrogen) atoms. The van der Waals surface area contributed by atoms with Gasteiger partial charge in [0.1, 0.15) is 17.8 Å². The van der Waals surface area contributed by atoms with Gasteiger partial charge in [-0.05, 0) is 49.2 Å². The predicted molar refractivity (Wildman–Crippen MR) is 135 cm³/mol. The standard InChI is InChI=1S/C20H26IO.C7H8F8O4S/c1-2-3-4-5-6-10-17-22-20-15-13-19(14-16-20)21-18-11-8-7-9-12-18;1-2-3-17-6(12,13)4(8,9)5(10,11)7(14,15)20-19-18-16/h7-9,11-16H,2-6,10,17H2,1H3;16H,2-3H2,1H3/q+1;/p-1. The van der Waals surface area contributed by atoms with Crippen molar-refractivity contribution in [2.45, 2.75) is 82.0 Å². The van der Waals surface area contributed by atoms with Gasteiger partial charge in [0.25, 0.3) is 0 Å². The number of ether oxygens (including phenoxy) is 2. The molecule has 0 N–H and O–H groups in total. The highest BCUT2D eigenvalue weighted by atomic mass is 127. The van der Waals surface area contributed by atoms with E-state index < -0.39 is 41.9 Å². The van der Waals surface area contributed by atoms with E-state index in [0.717, 1.165) is 12.4 Å². The molecule has 2 aromatic carbocycles. The highest BCUT2D eigenvalue weighted by Crippen LogP contribution is 2.56. The lowest BCUT2D eigenvalue weighted by molar-refractivity contribution is -0.777. The first-order chi connectivity index (χ1) is 19.8. The second kappa shape index (κ2) is 19.1. The van der Waals surface area contributed by atoms with Gasteiger partial charge < -0.3 is 14.7 Å². The van der Waals surface area contributed by atoms with Gasteiger partial charge in [-0.2, -0.15) is 39.5 Å². The maximum atomic E-state index is 12.9. The van der Waals surface area contributed by atoms with E-state index in [1.807, 2.05) is 0 Å². The second-order valence-electron chi connectivity index (χ2n) is 8.71. The van der Waals surface area contributed by atoms with Crippen molar-refractivity contribution in [3.8, 4) is 5.75 Å². The molecule has 15 heteroatoms. The third-order valence-corrected chi connectivity index (χ3v) is 8.58. The van der Waals surface area contributed by atoms with E-state index in [2.05, 4.69) is 75.6 Å². The molecule has 0 fully saturated rings. The molecular formula is C27H33F8IO5S. The molecule has 0 radical (unpaired) electrons. The molecular weight excluding hydrogens is 715 g/mol. The van der Waals surface area contributed by atoms with Crippen LogP contribution >= 0.6 is 12.0 Å². The molecule has 240 valence electrons. The molecule has 2 aromatic rings. The van der Waals surface area contributed by atoms with Crippen LogP contribution in [0.5, 0.6) is 5.75 Å². The lowest BCUT2D eigenvalue weighted by Gasteiger charge is -2.35. The zero-order valence-electron chi connectivity index (χ0n) is 22.9. The Hall–Kier alpha value is -1.40. The minimum atomic E-state index is -6.60. The molecule has 0 saturated carbocycles.